The quantitative estimate of drug-likeness (QED) is 0.232. The Labute approximate surface area is 201 Å². The predicted octanol–water partition coefficient (Wildman–Crippen LogP) is -0.563. The van der Waals surface area contributed by atoms with Gasteiger partial charge in [-0.25, -0.2) is 4.79 Å². The minimum absolute atomic E-state index is 0.348. The van der Waals surface area contributed by atoms with Crippen molar-refractivity contribution in [3.63, 3.8) is 0 Å². The van der Waals surface area contributed by atoms with E-state index in [4.69, 9.17) is 28.4 Å². The van der Waals surface area contributed by atoms with Gasteiger partial charge in [-0.3, -0.25) is 24.0 Å². The van der Waals surface area contributed by atoms with Gasteiger partial charge in [0.1, 0.15) is 18.8 Å². The molecule has 1 fully saturated rings. The van der Waals surface area contributed by atoms with Crippen LogP contribution in [0.1, 0.15) is 41.0 Å². The first-order valence-electron chi connectivity index (χ1n) is 10.1. The minimum Gasteiger partial charge on any atom is -0.466 e. The average Bonchev–Trinajstić information content (AvgIpc) is 2.69. The van der Waals surface area contributed by atoms with Gasteiger partial charge in [0.15, 0.2) is 12.2 Å². The largest absolute Gasteiger partial charge is 0.466 e. The first-order valence-corrected chi connectivity index (χ1v) is 10.6. The lowest BCUT2D eigenvalue weighted by molar-refractivity contribution is -0.223. The lowest BCUT2D eigenvalue weighted by Crippen LogP contribution is -2.67. The molecule has 0 radical (unpaired) electrons. The maximum atomic E-state index is 12.5. The van der Waals surface area contributed by atoms with E-state index in [0.717, 1.165) is 34.8 Å². The third-order valence-electron chi connectivity index (χ3n) is 4.52. The molecule has 0 aromatic heterocycles. The van der Waals surface area contributed by atoms with Crippen LogP contribution in [0.15, 0.2) is 0 Å². The highest BCUT2D eigenvalue weighted by atomic mass is 32.1. The summed E-state index contributed by atoms with van der Waals surface area (Å²) in [6, 6.07) is -1.20. The molecular formula is C20H29NO12S. The highest BCUT2D eigenvalue weighted by Gasteiger charge is 2.56. The van der Waals surface area contributed by atoms with Crippen molar-refractivity contribution in [3.05, 3.63) is 0 Å². The molecule has 192 valence electrons. The lowest BCUT2D eigenvalue weighted by atomic mass is 9.89. The first-order chi connectivity index (χ1) is 15.7. The van der Waals surface area contributed by atoms with E-state index in [1.807, 2.05) is 0 Å². The molecule has 0 aromatic carbocycles. The Kier molecular flexibility index (Phi) is 10.8. The number of nitrogens with one attached hydrogen (secondary N) is 1. The van der Waals surface area contributed by atoms with Crippen LogP contribution in [-0.2, 0) is 57.2 Å². The molecule has 0 bridgehead atoms. The van der Waals surface area contributed by atoms with Crippen LogP contribution in [0, 0.1) is 0 Å². The highest BCUT2D eigenvalue weighted by Crippen LogP contribution is 2.38. The van der Waals surface area contributed by atoms with Crippen molar-refractivity contribution in [1.29, 1.82) is 0 Å². The molecule has 13 nitrogen and oxygen atoms in total. The number of rotatable bonds is 9. The molecule has 1 N–H and O–H groups in total. The van der Waals surface area contributed by atoms with E-state index in [2.05, 4.69) is 17.9 Å². The van der Waals surface area contributed by atoms with Gasteiger partial charge in [0.25, 0.3) is 0 Å². The Morgan fingerprint density at radius 2 is 1.56 bits per heavy atom. The summed E-state index contributed by atoms with van der Waals surface area (Å²) in [4.78, 5) is 69.3. The van der Waals surface area contributed by atoms with Gasteiger partial charge in [-0.15, -0.1) is 12.6 Å². The average molecular weight is 508 g/mol. The number of carbonyl (C=O) groups is 6. The topological polar surface area (TPSA) is 170 Å². The molecule has 0 aliphatic carbocycles. The summed E-state index contributed by atoms with van der Waals surface area (Å²) in [5, 5.41) is 2.54. The van der Waals surface area contributed by atoms with Crippen molar-refractivity contribution in [2.75, 3.05) is 13.7 Å². The SMILES string of the molecule is COC(=O)[C@]1(S)C[C@@H](OC(C)=O)[C@@H](NC(C)=O)[C@@H](C(OC(C)=O)[C@@H](COC(C)=O)OC(C)=O)O1. The van der Waals surface area contributed by atoms with Crippen molar-refractivity contribution >= 4 is 48.4 Å². The van der Waals surface area contributed by atoms with Crippen LogP contribution >= 0.6 is 12.6 Å². The Morgan fingerprint density at radius 3 is 2.00 bits per heavy atom. The minimum atomic E-state index is -2.02. The zero-order chi connectivity index (χ0) is 26.2. The Balaban J connectivity index is 3.64. The molecule has 0 spiro atoms. The predicted molar refractivity (Wildman–Crippen MR) is 114 cm³/mol. The molecule has 1 aliphatic rings. The molecule has 1 aliphatic heterocycles. The molecule has 6 atom stereocenters. The molecule has 1 unspecified atom stereocenters. The van der Waals surface area contributed by atoms with Gasteiger partial charge in [-0.05, 0) is 0 Å². The third-order valence-corrected chi connectivity index (χ3v) is 4.99. The molecule has 34 heavy (non-hydrogen) atoms. The van der Waals surface area contributed by atoms with Gasteiger partial charge in [-0.2, -0.15) is 0 Å². The number of esters is 5. The molecule has 0 saturated carbocycles. The van der Waals surface area contributed by atoms with E-state index < -0.39 is 77.8 Å². The van der Waals surface area contributed by atoms with Gasteiger partial charge in [0, 0.05) is 41.0 Å². The molecule has 0 aromatic rings. The molecule has 14 heteroatoms. The molecular weight excluding hydrogens is 478 g/mol. The third kappa shape index (κ3) is 8.48. The van der Waals surface area contributed by atoms with Crippen molar-refractivity contribution < 1.29 is 57.2 Å². The molecule has 1 rings (SSSR count). The van der Waals surface area contributed by atoms with E-state index in [1.165, 1.54) is 6.92 Å². The van der Waals surface area contributed by atoms with Crippen molar-refractivity contribution in [1.82, 2.24) is 5.32 Å². The van der Waals surface area contributed by atoms with Crippen LogP contribution in [0.5, 0.6) is 0 Å². The molecule has 1 heterocycles. The summed E-state index contributed by atoms with van der Waals surface area (Å²) in [6.45, 7) is 4.95. The van der Waals surface area contributed by atoms with Crippen LogP contribution in [0.2, 0.25) is 0 Å². The van der Waals surface area contributed by atoms with Crippen molar-refractivity contribution in [2.45, 2.75) is 76.4 Å². The number of amides is 1. The van der Waals surface area contributed by atoms with Gasteiger partial charge in [0.2, 0.25) is 10.8 Å². The Bertz CT molecular complexity index is 817. The number of hydrogen-bond acceptors (Lipinski definition) is 13. The summed E-state index contributed by atoms with van der Waals surface area (Å²) < 4.78 is 31.4. The Morgan fingerprint density at radius 1 is 0.971 bits per heavy atom. The highest BCUT2D eigenvalue weighted by molar-refractivity contribution is 7.82. The van der Waals surface area contributed by atoms with Crippen LogP contribution in [0.25, 0.3) is 0 Å². The summed E-state index contributed by atoms with van der Waals surface area (Å²) >= 11 is 4.27. The lowest BCUT2D eigenvalue weighted by Gasteiger charge is -2.47. The van der Waals surface area contributed by atoms with E-state index in [1.54, 1.807) is 0 Å². The van der Waals surface area contributed by atoms with Crippen LogP contribution < -0.4 is 5.32 Å². The number of hydrogen-bond donors (Lipinski definition) is 2. The van der Waals surface area contributed by atoms with Gasteiger partial charge in [0.05, 0.1) is 13.2 Å². The monoisotopic (exact) mass is 507 g/mol. The smallest absolute Gasteiger partial charge is 0.348 e. The summed E-state index contributed by atoms with van der Waals surface area (Å²) in [7, 11) is 1.07. The fourth-order valence-electron chi connectivity index (χ4n) is 3.41. The maximum absolute atomic E-state index is 12.5. The van der Waals surface area contributed by atoms with Crippen molar-refractivity contribution in [2.24, 2.45) is 0 Å². The summed E-state index contributed by atoms with van der Waals surface area (Å²) in [6.07, 6.45) is -6.02. The zero-order valence-electron chi connectivity index (χ0n) is 19.6. The van der Waals surface area contributed by atoms with Crippen LogP contribution in [0.4, 0.5) is 0 Å². The standard InChI is InChI=1S/C20H29NO12S/c1-9(22)21-16-14(30-11(3)24)7-20(34,19(27)28-6)33-18(16)17(32-13(5)26)15(31-12(4)25)8-29-10(2)23/h14-18,34H,7-8H2,1-6H3,(H,21,22)/t14-,15-,16-,17?,18+,20-/m1/s1. The first kappa shape index (κ1) is 29.2. The summed E-state index contributed by atoms with van der Waals surface area (Å²) in [5.74, 6) is -4.69. The number of methoxy groups -OCH3 is 1. The second kappa shape index (κ2) is 12.6. The van der Waals surface area contributed by atoms with E-state index in [9.17, 15) is 28.8 Å². The second-order valence-corrected chi connectivity index (χ2v) is 8.18. The Hall–Kier alpha value is -2.87. The van der Waals surface area contributed by atoms with E-state index in [0.29, 0.717) is 0 Å². The van der Waals surface area contributed by atoms with Crippen LogP contribution in [0.3, 0.4) is 0 Å². The van der Waals surface area contributed by atoms with Crippen molar-refractivity contribution in [3.8, 4) is 0 Å². The number of ether oxygens (including phenoxy) is 6. The fraction of sp³-hybridized carbons (Fsp3) is 0.700. The fourth-order valence-corrected chi connectivity index (χ4v) is 3.81. The van der Waals surface area contributed by atoms with Gasteiger partial charge in [-0.1, -0.05) is 0 Å². The second-order valence-electron chi connectivity index (χ2n) is 7.46. The number of carbonyl (C=O) groups excluding carboxylic acids is 6. The van der Waals surface area contributed by atoms with Gasteiger partial charge < -0.3 is 33.7 Å². The summed E-state index contributed by atoms with van der Waals surface area (Å²) in [5.41, 5.74) is 0. The van der Waals surface area contributed by atoms with E-state index in [-0.39, 0.29) is 6.42 Å². The number of thiol groups is 1. The molecule has 1 amide bonds. The normalized spacial score (nSPS) is 25.7. The molecule has 1 saturated heterocycles. The zero-order valence-corrected chi connectivity index (χ0v) is 20.5. The van der Waals surface area contributed by atoms with E-state index >= 15 is 0 Å². The maximum Gasteiger partial charge on any atom is 0.348 e. The van der Waals surface area contributed by atoms with Crippen LogP contribution in [-0.4, -0.2) is 84.9 Å². The van der Waals surface area contributed by atoms with Gasteiger partial charge >= 0.3 is 29.8 Å².